The quantitative estimate of drug-likeness (QED) is 0.531. The molecule has 1 aromatic carbocycles. The van der Waals surface area contributed by atoms with Gasteiger partial charge in [0.15, 0.2) is 18.3 Å². The molecule has 0 fully saturated rings. The van der Waals surface area contributed by atoms with Crippen molar-refractivity contribution >= 4 is 11.6 Å². The van der Waals surface area contributed by atoms with E-state index in [1.807, 2.05) is 13.0 Å². The number of hydrogen-bond donors (Lipinski definition) is 1. The zero-order valence-electron chi connectivity index (χ0n) is 12.2. The Morgan fingerprint density at radius 1 is 1.25 bits per heavy atom. The highest BCUT2D eigenvalue weighted by atomic mass is 35.5. The molecule has 0 amide bonds. The van der Waals surface area contributed by atoms with Crippen LogP contribution in [0.25, 0.3) is 0 Å². The first kappa shape index (κ1) is 17.0. The van der Waals surface area contributed by atoms with Gasteiger partial charge >= 0.3 is 0 Å². The maximum Gasteiger partial charge on any atom is 0.189 e. The lowest BCUT2D eigenvalue weighted by Gasteiger charge is -2.16. The van der Waals surface area contributed by atoms with Crippen LogP contribution in [0.1, 0.15) is 12.5 Å². The molecule has 1 aromatic rings. The van der Waals surface area contributed by atoms with Gasteiger partial charge in [0.1, 0.15) is 0 Å². The number of hydrogen-bond acceptors (Lipinski definition) is 5. The molecule has 0 radical (unpaired) electrons. The van der Waals surface area contributed by atoms with Crippen molar-refractivity contribution in [2.24, 2.45) is 0 Å². The third-order valence-corrected chi connectivity index (χ3v) is 2.82. The van der Waals surface area contributed by atoms with Gasteiger partial charge in [-0.25, -0.2) is 0 Å². The summed E-state index contributed by atoms with van der Waals surface area (Å²) in [5, 5.41) is 3.86. The van der Waals surface area contributed by atoms with Crippen LogP contribution in [0.4, 0.5) is 0 Å². The van der Waals surface area contributed by atoms with Gasteiger partial charge in [0.2, 0.25) is 0 Å². The van der Waals surface area contributed by atoms with Gasteiger partial charge in [-0.2, -0.15) is 0 Å². The second-order valence-electron chi connectivity index (χ2n) is 4.02. The summed E-state index contributed by atoms with van der Waals surface area (Å²) in [7, 11) is 3.25. The topological polar surface area (TPSA) is 49.0 Å². The molecule has 20 heavy (non-hydrogen) atoms. The van der Waals surface area contributed by atoms with Gasteiger partial charge in [0, 0.05) is 43.5 Å². The predicted molar refractivity (Wildman–Crippen MR) is 78.7 cm³/mol. The van der Waals surface area contributed by atoms with E-state index in [9.17, 15) is 0 Å². The monoisotopic (exact) mass is 303 g/mol. The summed E-state index contributed by atoms with van der Waals surface area (Å²) in [6.07, 6.45) is 0. The fourth-order valence-electron chi connectivity index (χ4n) is 1.65. The highest BCUT2D eigenvalue weighted by Crippen LogP contribution is 2.34. The van der Waals surface area contributed by atoms with Gasteiger partial charge in [-0.15, -0.1) is 0 Å². The average molecular weight is 304 g/mol. The summed E-state index contributed by atoms with van der Waals surface area (Å²) in [6, 6.07) is 3.58. The molecule has 114 valence electrons. The van der Waals surface area contributed by atoms with Crippen LogP contribution in [0, 0.1) is 0 Å². The Kier molecular flexibility index (Phi) is 8.37. The molecule has 0 aliphatic rings. The van der Waals surface area contributed by atoms with E-state index in [1.165, 1.54) is 0 Å². The molecule has 0 aliphatic heterocycles. The maximum atomic E-state index is 6.08. The molecule has 0 spiro atoms. The van der Waals surface area contributed by atoms with Gasteiger partial charge in [-0.1, -0.05) is 11.6 Å². The lowest BCUT2D eigenvalue weighted by molar-refractivity contribution is 0.0202. The Bertz CT molecular complexity index is 401. The van der Waals surface area contributed by atoms with Crippen LogP contribution in [-0.2, 0) is 16.0 Å². The number of methoxy groups -OCH3 is 2. The zero-order valence-corrected chi connectivity index (χ0v) is 13.0. The highest BCUT2D eigenvalue weighted by Gasteiger charge is 2.12. The van der Waals surface area contributed by atoms with E-state index in [4.69, 9.17) is 30.5 Å². The second-order valence-corrected chi connectivity index (χ2v) is 4.46. The Hall–Kier alpha value is -1.01. The van der Waals surface area contributed by atoms with Crippen LogP contribution in [0.5, 0.6) is 11.5 Å². The van der Waals surface area contributed by atoms with Crippen molar-refractivity contribution in [2.75, 3.05) is 40.8 Å². The van der Waals surface area contributed by atoms with Crippen molar-refractivity contribution in [3.05, 3.63) is 22.7 Å². The lowest BCUT2D eigenvalue weighted by atomic mass is 10.2. The molecule has 0 aromatic heterocycles. The third-order valence-electron chi connectivity index (χ3n) is 2.61. The molecule has 0 atom stereocenters. The van der Waals surface area contributed by atoms with Crippen molar-refractivity contribution in [3.63, 3.8) is 0 Å². The van der Waals surface area contributed by atoms with Gasteiger partial charge in [-0.05, 0) is 13.0 Å². The Labute approximate surface area is 125 Å². The first-order valence-corrected chi connectivity index (χ1v) is 6.87. The second kappa shape index (κ2) is 9.83. The van der Waals surface area contributed by atoms with Crippen molar-refractivity contribution < 1.29 is 18.9 Å². The van der Waals surface area contributed by atoms with E-state index in [0.717, 1.165) is 12.1 Å². The van der Waals surface area contributed by atoms with E-state index in [2.05, 4.69) is 5.32 Å². The van der Waals surface area contributed by atoms with Crippen molar-refractivity contribution in [1.82, 2.24) is 5.32 Å². The number of benzene rings is 1. The summed E-state index contributed by atoms with van der Waals surface area (Å²) in [5.74, 6) is 1.25. The van der Waals surface area contributed by atoms with Crippen molar-refractivity contribution in [1.29, 1.82) is 0 Å². The van der Waals surface area contributed by atoms with E-state index in [1.54, 1.807) is 20.3 Å². The molecule has 6 heteroatoms. The predicted octanol–water partition coefficient (Wildman–Crippen LogP) is 2.46. The fraction of sp³-hybridized carbons (Fsp3) is 0.571. The van der Waals surface area contributed by atoms with Crippen molar-refractivity contribution in [2.45, 2.75) is 13.5 Å². The van der Waals surface area contributed by atoms with Gasteiger partial charge in [0.25, 0.3) is 0 Å². The highest BCUT2D eigenvalue weighted by molar-refractivity contribution is 6.30. The summed E-state index contributed by atoms with van der Waals surface area (Å²) in [4.78, 5) is 0. The van der Waals surface area contributed by atoms with Gasteiger partial charge < -0.3 is 24.3 Å². The number of rotatable bonds is 10. The minimum Gasteiger partial charge on any atom is -0.493 e. The smallest absolute Gasteiger partial charge is 0.189 e. The number of nitrogens with one attached hydrogen (secondary N) is 1. The SMILES string of the molecule is CCOCOc1c(CNCCOC)cc(Cl)cc1OC. The van der Waals surface area contributed by atoms with Crippen LogP contribution in [0.15, 0.2) is 12.1 Å². The summed E-state index contributed by atoms with van der Waals surface area (Å²) in [5.41, 5.74) is 0.921. The molecule has 1 rings (SSSR count). The molecule has 0 heterocycles. The standard InChI is InChI=1S/C14H22ClNO4/c1-4-19-10-20-14-11(9-16-5-6-17-2)7-12(15)8-13(14)18-3/h7-8,16H,4-6,9-10H2,1-3H3. The largest absolute Gasteiger partial charge is 0.493 e. The molecule has 0 saturated carbocycles. The third kappa shape index (κ3) is 5.54. The fourth-order valence-corrected chi connectivity index (χ4v) is 1.88. The molecular weight excluding hydrogens is 282 g/mol. The zero-order chi connectivity index (χ0) is 14.8. The normalized spacial score (nSPS) is 10.6. The molecule has 0 unspecified atom stereocenters. The molecule has 0 aliphatic carbocycles. The molecule has 1 N–H and O–H groups in total. The van der Waals surface area contributed by atoms with Crippen LogP contribution in [0.3, 0.4) is 0 Å². The summed E-state index contributed by atoms with van der Waals surface area (Å²) in [6.45, 7) is 4.69. The minimum absolute atomic E-state index is 0.180. The van der Waals surface area contributed by atoms with Crippen molar-refractivity contribution in [3.8, 4) is 11.5 Å². The number of halogens is 1. The van der Waals surface area contributed by atoms with Crippen LogP contribution in [-0.4, -0.2) is 40.8 Å². The summed E-state index contributed by atoms with van der Waals surface area (Å²) < 4.78 is 21.1. The van der Waals surface area contributed by atoms with E-state index < -0.39 is 0 Å². The molecule has 0 bridgehead atoms. The van der Waals surface area contributed by atoms with E-state index >= 15 is 0 Å². The summed E-state index contributed by atoms with van der Waals surface area (Å²) >= 11 is 6.08. The van der Waals surface area contributed by atoms with Crippen LogP contribution in [0.2, 0.25) is 5.02 Å². The van der Waals surface area contributed by atoms with Crippen LogP contribution < -0.4 is 14.8 Å². The molecule has 0 saturated heterocycles. The molecular formula is C14H22ClNO4. The Balaban J connectivity index is 2.79. The minimum atomic E-state index is 0.180. The average Bonchev–Trinajstić information content (AvgIpc) is 2.45. The number of ether oxygens (including phenoxy) is 4. The van der Waals surface area contributed by atoms with Gasteiger partial charge in [0.05, 0.1) is 13.7 Å². The molecule has 5 nitrogen and oxygen atoms in total. The Morgan fingerprint density at radius 2 is 2.05 bits per heavy atom. The van der Waals surface area contributed by atoms with Crippen LogP contribution >= 0.6 is 11.6 Å². The lowest BCUT2D eigenvalue weighted by Crippen LogP contribution is -2.19. The Morgan fingerprint density at radius 3 is 2.70 bits per heavy atom. The van der Waals surface area contributed by atoms with E-state index in [0.29, 0.717) is 36.3 Å². The first-order chi connectivity index (χ1) is 9.72. The maximum absolute atomic E-state index is 6.08. The van der Waals surface area contributed by atoms with Gasteiger partial charge in [-0.3, -0.25) is 0 Å². The first-order valence-electron chi connectivity index (χ1n) is 6.49. The van der Waals surface area contributed by atoms with E-state index in [-0.39, 0.29) is 6.79 Å².